The van der Waals surface area contributed by atoms with Gasteiger partial charge in [0.05, 0.1) is 5.75 Å². The number of halogens is 3. The van der Waals surface area contributed by atoms with Gasteiger partial charge in [0.15, 0.2) is 0 Å². The number of sulfonamides is 1. The molecule has 0 heterocycles. The summed E-state index contributed by atoms with van der Waals surface area (Å²) in [4.78, 5) is -0.558. The summed E-state index contributed by atoms with van der Waals surface area (Å²) < 4.78 is 60.3. The molecule has 0 spiro atoms. The largest absolute Gasteiger partial charge is 0.243 e. The highest BCUT2D eigenvalue weighted by atomic mass is 79.9. The number of hydrogen-bond donors (Lipinski definition) is 1. The zero-order valence-electron chi connectivity index (χ0n) is 8.73. The Bertz CT molecular complexity index is 647. The van der Waals surface area contributed by atoms with E-state index in [0.717, 1.165) is 12.1 Å². The van der Waals surface area contributed by atoms with E-state index < -0.39 is 42.1 Å². The van der Waals surface area contributed by atoms with Gasteiger partial charge in [0.1, 0.15) is 10.7 Å². The Balaban J connectivity index is 2.87. The molecule has 18 heavy (non-hydrogen) atoms. The third kappa shape index (κ3) is 4.81. The van der Waals surface area contributed by atoms with E-state index in [-0.39, 0.29) is 0 Å². The summed E-state index contributed by atoms with van der Waals surface area (Å²) in [6.07, 6.45) is 0. The Kier molecular flexibility index (Phi) is 5.13. The minimum Gasteiger partial charge on any atom is -0.212 e. The van der Waals surface area contributed by atoms with Gasteiger partial charge in [0.25, 0.3) is 0 Å². The van der Waals surface area contributed by atoms with Gasteiger partial charge in [0.2, 0.25) is 19.1 Å². The van der Waals surface area contributed by atoms with Crippen molar-refractivity contribution < 1.29 is 21.2 Å². The van der Waals surface area contributed by atoms with E-state index >= 15 is 0 Å². The van der Waals surface area contributed by atoms with E-state index in [0.29, 0.717) is 4.47 Å². The van der Waals surface area contributed by atoms with Crippen molar-refractivity contribution in [2.45, 2.75) is 4.90 Å². The van der Waals surface area contributed by atoms with Crippen molar-refractivity contribution in [2.75, 3.05) is 12.3 Å². The molecule has 0 aliphatic rings. The predicted octanol–water partition coefficient (Wildman–Crippen LogP) is 1.44. The highest BCUT2D eigenvalue weighted by Gasteiger charge is 2.19. The van der Waals surface area contributed by atoms with Gasteiger partial charge in [0, 0.05) is 21.7 Å². The number of rotatable bonds is 5. The standard InChI is InChI=1S/C8H8BrClFNO4S2/c9-6-1-2-8(7(11)5-6)18(15,16)12-3-4-17(10,13)14/h1-2,5,12H,3-4H2. The molecule has 102 valence electrons. The van der Waals surface area contributed by atoms with Crippen LogP contribution in [0.1, 0.15) is 0 Å². The monoisotopic (exact) mass is 379 g/mol. The van der Waals surface area contributed by atoms with E-state index in [1.165, 1.54) is 6.07 Å². The molecule has 0 saturated heterocycles. The summed E-state index contributed by atoms with van der Waals surface area (Å²) in [5.74, 6) is -1.52. The second-order valence-electron chi connectivity index (χ2n) is 3.22. The van der Waals surface area contributed by atoms with Crippen LogP contribution in [0.25, 0.3) is 0 Å². The van der Waals surface area contributed by atoms with Crippen LogP contribution in [0.15, 0.2) is 27.6 Å². The SMILES string of the molecule is O=S(=O)(Cl)CCNS(=O)(=O)c1ccc(Br)cc1F. The molecular formula is C8H8BrClFNO4S2. The topological polar surface area (TPSA) is 80.3 Å². The molecule has 0 fully saturated rings. The number of hydrogen-bond acceptors (Lipinski definition) is 4. The third-order valence-corrected chi connectivity index (χ3v) is 4.96. The van der Waals surface area contributed by atoms with Crippen LogP contribution in [-0.2, 0) is 19.1 Å². The normalized spacial score (nSPS) is 12.6. The van der Waals surface area contributed by atoms with Crippen molar-refractivity contribution in [2.24, 2.45) is 0 Å². The Morgan fingerprint density at radius 1 is 1.28 bits per heavy atom. The van der Waals surface area contributed by atoms with Crippen LogP contribution in [0.5, 0.6) is 0 Å². The Hall–Kier alpha value is -0.220. The summed E-state index contributed by atoms with van der Waals surface area (Å²) in [5, 5.41) is 0. The zero-order chi connectivity index (χ0) is 14.0. The van der Waals surface area contributed by atoms with Crippen LogP contribution in [0.3, 0.4) is 0 Å². The molecular weight excluding hydrogens is 373 g/mol. The molecule has 1 aromatic rings. The summed E-state index contributed by atoms with van der Waals surface area (Å²) in [7, 11) is -2.98. The Morgan fingerprint density at radius 2 is 1.89 bits per heavy atom. The van der Waals surface area contributed by atoms with Gasteiger partial charge in [-0.3, -0.25) is 0 Å². The Morgan fingerprint density at radius 3 is 2.39 bits per heavy atom. The minimum absolute atomic E-state index is 0.391. The second kappa shape index (κ2) is 5.83. The minimum atomic E-state index is -4.10. The average Bonchev–Trinajstić information content (AvgIpc) is 2.13. The van der Waals surface area contributed by atoms with Gasteiger partial charge in [-0.2, -0.15) is 0 Å². The van der Waals surface area contributed by atoms with Crippen LogP contribution >= 0.6 is 26.6 Å². The molecule has 0 unspecified atom stereocenters. The first-order valence-corrected chi connectivity index (χ1v) is 9.24. The molecule has 1 aromatic carbocycles. The number of benzene rings is 1. The molecule has 0 radical (unpaired) electrons. The average molecular weight is 381 g/mol. The molecule has 1 N–H and O–H groups in total. The van der Waals surface area contributed by atoms with Gasteiger partial charge < -0.3 is 0 Å². The fourth-order valence-corrected chi connectivity index (χ4v) is 3.20. The van der Waals surface area contributed by atoms with Crippen molar-refractivity contribution >= 4 is 45.7 Å². The van der Waals surface area contributed by atoms with Crippen LogP contribution in [0.4, 0.5) is 4.39 Å². The highest BCUT2D eigenvalue weighted by molar-refractivity contribution is 9.10. The quantitative estimate of drug-likeness (QED) is 0.784. The van der Waals surface area contributed by atoms with Crippen molar-refractivity contribution in [1.82, 2.24) is 4.72 Å². The van der Waals surface area contributed by atoms with Gasteiger partial charge in [-0.05, 0) is 18.2 Å². The van der Waals surface area contributed by atoms with E-state index in [2.05, 4.69) is 15.9 Å². The summed E-state index contributed by atoms with van der Waals surface area (Å²) >= 11 is 2.99. The number of nitrogens with one attached hydrogen (secondary N) is 1. The maximum Gasteiger partial charge on any atom is 0.243 e. The molecule has 0 atom stereocenters. The van der Waals surface area contributed by atoms with Crippen LogP contribution < -0.4 is 4.72 Å². The predicted molar refractivity (Wildman–Crippen MR) is 68.9 cm³/mol. The first kappa shape index (κ1) is 15.8. The smallest absolute Gasteiger partial charge is 0.212 e. The molecule has 0 bridgehead atoms. The van der Waals surface area contributed by atoms with Crippen molar-refractivity contribution in [1.29, 1.82) is 0 Å². The Labute approximate surface area is 117 Å². The molecule has 0 aromatic heterocycles. The zero-order valence-corrected chi connectivity index (χ0v) is 12.7. The van der Waals surface area contributed by atoms with E-state index in [1.54, 1.807) is 0 Å². The van der Waals surface area contributed by atoms with Crippen molar-refractivity contribution in [3.63, 3.8) is 0 Å². The molecule has 0 aliphatic carbocycles. The fourth-order valence-electron chi connectivity index (χ4n) is 1.07. The molecule has 0 amide bonds. The van der Waals surface area contributed by atoms with Crippen molar-refractivity contribution in [3.05, 3.63) is 28.5 Å². The van der Waals surface area contributed by atoms with Crippen molar-refractivity contribution in [3.8, 4) is 0 Å². The van der Waals surface area contributed by atoms with E-state index in [4.69, 9.17) is 10.7 Å². The second-order valence-corrected chi connectivity index (χ2v) is 8.76. The van der Waals surface area contributed by atoms with Crippen LogP contribution in [0.2, 0.25) is 0 Å². The molecule has 0 aliphatic heterocycles. The van der Waals surface area contributed by atoms with Gasteiger partial charge in [-0.25, -0.2) is 25.9 Å². The van der Waals surface area contributed by atoms with Gasteiger partial charge in [-0.15, -0.1) is 0 Å². The first-order chi connectivity index (χ1) is 8.12. The third-order valence-electron chi connectivity index (χ3n) is 1.82. The molecule has 10 heteroatoms. The molecule has 5 nitrogen and oxygen atoms in total. The maximum atomic E-state index is 13.4. The molecule has 0 saturated carbocycles. The maximum absolute atomic E-state index is 13.4. The molecule has 1 rings (SSSR count). The lowest BCUT2D eigenvalue weighted by molar-refractivity contribution is 0.558. The van der Waals surface area contributed by atoms with Crippen LogP contribution in [0, 0.1) is 5.82 Å². The lowest BCUT2D eigenvalue weighted by atomic mass is 10.3. The van der Waals surface area contributed by atoms with Crippen LogP contribution in [-0.4, -0.2) is 29.1 Å². The summed E-state index contributed by atoms with van der Waals surface area (Å²) in [6, 6.07) is 3.42. The van der Waals surface area contributed by atoms with Gasteiger partial charge >= 0.3 is 0 Å². The summed E-state index contributed by atoms with van der Waals surface area (Å²) in [6.45, 7) is -0.427. The van der Waals surface area contributed by atoms with Gasteiger partial charge in [-0.1, -0.05) is 15.9 Å². The fraction of sp³-hybridized carbons (Fsp3) is 0.250. The highest BCUT2D eigenvalue weighted by Crippen LogP contribution is 2.19. The van der Waals surface area contributed by atoms with E-state index in [1.807, 2.05) is 4.72 Å². The van der Waals surface area contributed by atoms with E-state index in [9.17, 15) is 21.2 Å². The summed E-state index contributed by atoms with van der Waals surface area (Å²) in [5.41, 5.74) is 0. The first-order valence-electron chi connectivity index (χ1n) is 4.49. The lowest BCUT2D eigenvalue weighted by Crippen LogP contribution is -2.28. The lowest BCUT2D eigenvalue weighted by Gasteiger charge is -2.06.